The van der Waals surface area contributed by atoms with Gasteiger partial charge in [-0.3, -0.25) is 0 Å². The Balaban J connectivity index is 1.60. The Hall–Kier alpha value is -2.70. The first kappa shape index (κ1) is 31.7. The predicted octanol–water partition coefficient (Wildman–Crippen LogP) is 6.65. The zero-order valence-electron chi connectivity index (χ0n) is 24.7. The SMILES string of the molecule is CS(=O)(=O)OP(C)(CCP(c1ccccc1)c1ccccc1)(CCP(c1ccccc1)c1ccccc1)c1ccccc1. The zero-order valence-corrected chi connectivity index (χ0v) is 28.2. The topological polar surface area (TPSA) is 43.4 Å². The fourth-order valence-corrected chi connectivity index (χ4v) is 21.1. The zero-order chi connectivity index (χ0) is 30.2. The van der Waals surface area contributed by atoms with Gasteiger partial charge in [0.15, 0.2) is 0 Å². The van der Waals surface area contributed by atoms with Crippen LogP contribution in [0.3, 0.4) is 0 Å². The molecule has 3 nitrogen and oxygen atoms in total. The minimum atomic E-state index is -3.77. The summed E-state index contributed by atoms with van der Waals surface area (Å²) in [6.07, 6.45) is 4.22. The van der Waals surface area contributed by atoms with Crippen LogP contribution in [0.2, 0.25) is 0 Å². The molecule has 5 rings (SSSR count). The van der Waals surface area contributed by atoms with Crippen molar-refractivity contribution in [3.05, 3.63) is 152 Å². The molecule has 43 heavy (non-hydrogen) atoms. The second-order valence-corrected chi connectivity index (χ2v) is 23.1. The predicted molar refractivity (Wildman–Crippen MR) is 192 cm³/mol. The third-order valence-corrected chi connectivity index (χ3v) is 21.0. The molecule has 0 saturated heterocycles. The average molecular weight is 645 g/mol. The van der Waals surface area contributed by atoms with Crippen LogP contribution >= 0.6 is 22.7 Å². The third-order valence-electron chi connectivity index (χ3n) is 7.93. The maximum absolute atomic E-state index is 13.2. The van der Waals surface area contributed by atoms with Gasteiger partial charge in [0.25, 0.3) is 0 Å². The van der Waals surface area contributed by atoms with Gasteiger partial charge in [-0.2, -0.15) is 0 Å². The van der Waals surface area contributed by atoms with Crippen molar-refractivity contribution in [2.45, 2.75) is 0 Å². The van der Waals surface area contributed by atoms with Gasteiger partial charge in [-0.15, -0.1) is 0 Å². The molecule has 0 spiro atoms. The van der Waals surface area contributed by atoms with Crippen molar-refractivity contribution in [2.75, 3.05) is 37.6 Å². The van der Waals surface area contributed by atoms with Crippen LogP contribution in [0, 0.1) is 0 Å². The van der Waals surface area contributed by atoms with Crippen LogP contribution in [0.1, 0.15) is 0 Å². The second-order valence-electron chi connectivity index (χ2n) is 11.1. The Labute approximate surface area is 260 Å². The van der Waals surface area contributed by atoms with E-state index in [-0.39, 0.29) is 0 Å². The summed E-state index contributed by atoms with van der Waals surface area (Å²) in [5.41, 5.74) is 0. The molecular weight excluding hydrogens is 605 g/mol. The molecule has 0 aliphatic heterocycles. The fourth-order valence-electron chi connectivity index (χ4n) is 5.70. The summed E-state index contributed by atoms with van der Waals surface area (Å²) in [5.74, 6) is 0. The van der Waals surface area contributed by atoms with Crippen LogP contribution in [-0.4, -0.2) is 46.0 Å². The van der Waals surface area contributed by atoms with Crippen molar-refractivity contribution in [2.24, 2.45) is 0 Å². The van der Waals surface area contributed by atoms with Crippen LogP contribution < -0.4 is 26.5 Å². The molecular formula is C36H39O3P3S. The van der Waals surface area contributed by atoms with Gasteiger partial charge >= 0.3 is 261 Å². The van der Waals surface area contributed by atoms with E-state index in [2.05, 4.69) is 116 Å². The summed E-state index contributed by atoms with van der Waals surface area (Å²) in [7, 11) is -5.23. The second kappa shape index (κ2) is 13.9. The molecule has 222 valence electrons. The van der Waals surface area contributed by atoms with Gasteiger partial charge in [-0.05, 0) is 0 Å². The quantitative estimate of drug-likeness (QED) is 0.135. The van der Waals surface area contributed by atoms with Crippen molar-refractivity contribution < 1.29 is 12.4 Å². The fraction of sp³-hybridized carbons (Fsp3) is 0.167. The van der Waals surface area contributed by atoms with E-state index in [1.54, 1.807) is 0 Å². The van der Waals surface area contributed by atoms with Gasteiger partial charge in [0.05, 0.1) is 0 Å². The summed E-state index contributed by atoms with van der Waals surface area (Å²) >= 11 is 0. The first-order valence-corrected chi connectivity index (χ1v) is 22.3. The van der Waals surface area contributed by atoms with Crippen LogP contribution in [0.25, 0.3) is 0 Å². The number of rotatable bonds is 13. The van der Waals surface area contributed by atoms with Crippen LogP contribution in [0.15, 0.2) is 152 Å². The molecule has 7 heteroatoms. The molecule has 0 radical (unpaired) electrons. The maximum atomic E-state index is 13.2. The van der Waals surface area contributed by atoms with Crippen molar-refractivity contribution in [1.29, 1.82) is 0 Å². The molecule has 0 aromatic heterocycles. The van der Waals surface area contributed by atoms with Gasteiger partial charge in [0.2, 0.25) is 0 Å². The van der Waals surface area contributed by atoms with E-state index in [0.29, 0.717) is 12.3 Å². The van der Waals surface area contributed by atoms with Crippen LogP contribution in [0.5, 0.6) is 0 Å². The summed E-state index contributed by atoms with van der Waals surface area (Å²) < 4.78 is 33.0. The first-order valence-electron chi connectivity index (χ1n) is 14.5. The summed E-state index contributed by atoms with van der Waals surface area (Å²) in [6.45, 7) is -1.38. The van der Waals surface area contributed by atoms with Crippen molar-refractivity contribution in [3.8, 4) is 0 Å². The van der Waals surface area contributed by atoms with E-state index in [4.69, 9.17) is 3.97 Å². The Bertz CT molecular complexity index is 1520. The summed E-state index contributed by atoms with van der Waals surface area (Å²) in [4.78, 5) is 0. The standard InChI is InChI=1S/C36H39O3P3S/c1-42(39-43(2,37)38,36-26-16-7-17-27-36,30-28-40(32-18-8-3-9-19-32)33-20-10-4-11-21-33)31-29-41(34-22-12-5-13-23-34)35-24-14-6-15-25-35/h3-27H,28-31H2,1-2H3. The van der Waals surface area contributed by atoms with Gasteiger partial charge in [0.1, 0.15) is 0 Å². The molecule has 0 heterocycles. The van der Waals surface area contributed by atoms with E-state index >= 15 is 0 Å². The van der Waals surface area contributed by atoms with Crippen molar-refractivity contribution in [3.63, 3.8) is 0 Å². The van der Waals surface area contributed by atoms with E-state index in [1.807, 2.05) is 42.5 Å². The Kier molecular flexibility index (Phi) is 10.3. The molecule has 0 saturated carbocycles. The first-order chi connectivity index (χ1) is 20.7. The van der Waals surface area contributed by atoms with E-state index < -0.39 is 32.8 Å². The monoisotopic (exact) mass is 644 g/mol. The molecule has 0 bridgehead atoms. The van der Waals surface area contributed by atoms with Crippen LogP contribution in [-0.2, 0) is 14.1 Å². The average Bonchev–Trinajstić information content (AvgIpc) is 3.03. The van der Waals surface area contributed by atoms with E-state index in [1.165, 1.54) is 27.5 Å². The van der Waals surface area contributed by atoms with Crippen LogP contribution in [0.4, 0.5) is 0 Å². The molecule has 5 aromatic carbocycles. The molecule has 0 fully saturated rings. The molecule has 0 atom stereocenters. The van der Waals surface area contributed by atoms with Crippen molar-refractivity contribution >= 4 is 59.3 Å². The molecule has 0 amide bonds. The van der Waals surface area contributed by atoms with Gasteiger partial charge in [-0.25, -0.2) is 0 Å². The van der Waals surface area contributed by atoms with Gasteiger partial charge in [0, 0.05) is 0 Å². The normalized spacial score (nSPS) is 13.1. The number of hydrogen-bond donors (Lipinski definition) is 0. The summed E-state index contributed by atoms with van der Waals surface area (Å²) in [6, 6.07) is 52.8. The Morgan fingerprint density at radius 2 is 0.791 bits per heavy atom. The number of benzene rings is 5. The molecule has 0 unspecified atom stereocenters. The van der Waals surface area contributed by atoms with E-state index in [9.17, 15) is 8.42 Å². The number of hydrogen-bond acceptors (Lipinski definition) is 3. The Morgan fingerprint density at radius 3 is 1.07 bits per heavy atom. The minimum absolute atomic E-state index is 0.672. The van der Waals surface area contributed by atoms with E-state index in [0.717, 1.165) is 17.6 Å². The molecule has 0 aliphatic rings. The molecule has 0 aliphatic carbocycles. The van der Waals surface area contributed by atoms with Gasteiger partial charge in [-0.1, -0.05) is 0 Å². The third kappa shape index (κ3) is 8.07. The van der Waals surface area contributed by atoms with Gasteiger partial charge < -0.3 is 0 Å². The molecule has 5 aromatic rings. The Morgan fingerprint density at radius 1 is 0.512 bits per heavy atom. The molecule has 0 N–H and O–H groups in total. The summed E-state index contributed by atoms with van der Waals surface area (Å²) in [5, 5.41) is 6.18. The van der Waals surface area contributed by atoms with Crippen molar-refractivity contribution in [1.82, 2.24) is 0 Å².